The van der Waals surface area contributed by atoms with Crippen LogP contribution in [-0.2, 0) is 13.0 Å². The van der Waals surface area contributed by atoms with Crippen molar-refractivity contribution in [3.8, 4) is 5.75 Å². The van der Waals surface area contributed by atoms with Gasteiger partial charge in [-0.1, -0.05) is 29.8 Å². The third kappa shape index (κ3) is 5.01. The highest BCUT2D eigenvalue weighted by Gasteiger charge is 2.11. The molecular weight excluding hydrogens is 358 g/mol. The van der Waals surface area contributed by atoms with E-state index in [0.717, 1.165) is 10.7 Å². The number of pyridine rings is 1. The quantitative estimate of drug-likeness (QED) is 0.685. The zero-order chi connectivity index (χ0) is 17.5. The highest BCUT2D eigenvalue weighted by Crippen LogP contribution is 2.24. The number of benzene rings is 1. The summed E-state index contributed by atoms with van der Waals surface area (Å²) in [4.78, 5) is 20.7. The van der Waals surface area contributed by atoms with Crippen LogP contribution in [0.4, 0.5) is 0 Å². The van der Waals surface area contributed by atoms with Crippen LogP contribution < -0.4 is 10.1 Å². The average Bonchev–Trinajstić information content (AvgIpc) is 3.11. The van der Waals surface area contributed by atoms with Crippen molar-refractivity contribution in [1.29, 1.82) is 0 Å². The Morgan fingerprint density at radius 3 is 2.84 bits per heavy atom. The SMILES string of the molecule is O=C(NCCc1ccccn1)c1csc(COc2ccccc2Cl)n1. The molecule has 0 aliphatic rings. The molecule has 0 bridgehead atoms. The van der Waals surface area contributed by atoms with E-state index >= 15 is 0 Å². The second-order valence-electron chi connectivity index (χ2n) is 5.17. The number of thiazole rings is 1. The Morgan fingerprint density at radius 2 is 2.04 bits per heavy atom. The van der Waals surface area contributed by atoms with Crippen molar-refractivity contribution >= 4 is 28.8 Å². The van der Waals surface area contributed by atoms with Gasteiger partial charge in [0.1, 0.15) is 23.1 Å². The zero-order valence-electron chi connectivity index (χ0n) is 13.3. The first kappa shape index (κ1) is 17.4. The first-order valence-corrected chi connectivity index (χ1v) is 8.98. The fourth-order valence-electron chi connectivity index (χ4n) is 2.12. The number of nitrogens with one attached hydrogen (secondary N) is 1. The second kappa shape index (κ2) is 8.60. The number of hydrogen-bond acceptors (Lipinski definition) is 5. The van der Waals surface area contributed by atoms with Crippen molar-refractivity contribution in [1.82, 2.24) is 15.3 Å². The minimum atomic E-state index is -0.198. The van der Waals surface area contributed by atoms with Gasteiger partial charge in [-0.05, 0) is 24.3 Å². The van der Waals surface area contributed by atoms with Gasteiger partial charge < -0.3 is 10.1 Å². The average molecular weight is 374 g/mol. The Hall–Kier alpha value is -2.44. The van der Waals surface area contributed by atoms with E-state index in [1.807, 2.05) is 30.3 Å². The summed E-state index contributed by atoms with van der Waals surface area (Å²) in [7, 11) is 0. The summed E-state index contributed by atoms with van der Waals surface area (Å²) in [5, 5.41) is 5.84. The lowest BCUT2D eigenvalue weighted by molar-refractivity contribution is 0.0949. The van der Waals surface area contributed by atoms with Crippen LogP contribution in [0, 0.1) is 0 Å². The topological polar surface area (TPSA) is 64.1 Å². The Balaban J connectivity index is 1.49. The molecule has 1 aromatic carbocycles. The largest absolute Gasteiger partial charge is 0.485 e. The molecule has 0 radical (unpaired) electrons. The summed E-state index contributed by atoms with van der Waals surface area (Å²) in [5.41, 5.74) is 1.33. The first-order valence-electron chi connectivity index (χ1n) is 7.72. The first-order chi connectivity index (χ1) is 12.2. The molecule has 0 fully saturated rings. The molecular formula is C18H16ClN3O2S. The predicted octanol–water partition coefficient (Wildman–Crippen LogP) is 3.74. The van der Waals surface area contributed by atoms with Crippen LogP contribution in [0.3, 0.4) is 0 Å². The summed E-state index contributed by atoms with van der Waals surface area (Å²) in [5.74, 6) is 0.400. The molecule has 0 atom stereocenters. The third-order valence-electron chi connectivity index (χ3n) is 3.37. The van der Waals surface area contributed by atoms with E-state index in [1.54, 1.807) is 23.7 Å². The number of nitrogens with zero attached hydrogens (tertiary/aromatic N) is 2. The Bertz CT molecular complexity index is 839. The van der Waals surface area contributed by atoms with E-state index in [-0.39, 0.29) is 12.5 Å². The van der Waals surface area contributed by atoms with Gasteiger partial charge in [-0.3, -0.25) is 9.78 Å². The normalized spacial score (nSPS) is 10.4. The Morgan fingerprint density at radius 1 is 1.20 bits per heavy atom. The van der Waals surface area contributed by atoms with Gasteiger partial charge >= 0.3 is 0 Å². The van der Waals surface area contributed by atoms with Crippen molar-refractivity contribution in [2.24, 2.45) is 0 Å². The second-order valence-corrected chi connectivity index (χ2v) is 6.52. The summed E-state index contributed by atoms with van der Waals surface area (Å²) in [6, 6.07) is 13.0. The van der Waals surface area contributed by atoms with E-state index in [1.165, 1.54) is 11.3 Å². The molecule has 128 valence electrons. The van der Waals surface area contributed by atoms with Crippen molar-refractivity contribution in [3.63, 3.8) is 0 Å². The predicted molar refractivity (Wildman–Crippen MR) is 98.2 cm³/mol. The fourth-order valence-corrected chi connectivity index (χ4v) is 3.00. The summed E-state index contributed by atoms with van der Waals surface area (Å²) in [6.45, 7) is 0.786. The van der Waals surface area contributed by atoms with Crippen molar-refractivity contribution in [2.75, 3.05) is 6.54 Å². The number of hydrogen-bond donors (Lipinski definition) is 1. The van der Waals surface area contributed by atoms with Crippen LogP contribution in [0.25, 0.3) is 0 Å². The lowest BCUT2D eigenvalue weighted by Crippen LogP contribution is -2.26. The van der Waals surface area contributed by atoms with Crippen LogP contribution in [-0.4, -0.2) is 22.4 Å². The number of halogens is 1. The summed E-state index contributed by atoms with van der Waals surface area (Å²) in [6.07, 6.45) is 2.42. The summed E-state index contributed by atoms with van der Waals surface area (Å²) < 4.78 is 5.63. The molecule has 3 aromatic rings. The van der Waals surface area contributed by atoms with E-state index in [9.17, 15) is 4.79 Å². The van der Waals surface area contributed by atoms with E-state index in [4.69, 9.17) is 16.3 Å². The molecule has 25 heavy (non-hydrogen) atoms. The van der Waals surface area contributed by atoms with Crippen LogP contribution in [0.1, 0.15) is 21.2 Å². The standard InChI is InChI=1S/C18H16ClN3O2S/c19-14-6-1-2-7-16(14)24-11-17-22-15(12-25-17)18(23)21-10-8-13-5-3-4-9-20-13/h1-7,9,12H,8,10-11H2,(H,21,23). The van der Waals surface area contributed by atoms with Gasteiger partial charge in [-0.25, -0.2) is 4.98 Å². The molecule has 2 heterocycles. The molecule has 1 amide bonds. The van der Waals surface area contributed by atoms with Gasteiger partial charge in [-0.2, -0.15) is 0 Å². The zero-order valence-corrected chi connectivity index (χ0v) is 14.9. The molecule has 7 heteroatoms. The Kier molecular flexibility index (Phi) is 5.98. The highest BCUT2D eigenvalue weighted by atomic mass is 35.5. The number of rotatable bonds is 7. The minimum Gasteiger partial charge on any atom is -0.485 e. The molecule has 0 aliphatic carbocycles. The molecule has 0 saturated carbocycles. The minimum absolute atomic E-state index is 0.198. The number of ether oxygens (including phenoxy) is 1. The fraction of sp³-hybridized carbons (Fsp3) is 0.167. The lowest BCUT2D eigenvalue weighted by atomic mass is 10.2. The summed E-state index contributed by atoms with van der Waals surface area (Å²) >= 11 is 7.42. The smallest absolute Gasteiger partial charge is 0.270 e. The molecule has 1 N–H and O–H groups in total. The van der Waals surface area contributed by atoms with E-state index < -0.39 is 0 Å². The number of carbonyl (C=O) groups is 1. The van der Waals surface area contributed by atoms with Gasteiger partial charge in [0.15, 0.2) is 0 Å². The van der Waals surface area contributed by atoms with Crippen LogP contribution >= 0.6 is 22.9 Å². The molecule has 0 spiro atoms. The number of amides is 1. The molecule has 5 nitrogen and oxygen atoms in total. The van der Waals surface area contributed by atoms with E-state index in [2.05, 4.69) is 15.3 Å². The van der Waals surface area contributed by atoms with Crippen LogP contribution in [0.2, 0.25) is 5.02 Å². The van der Waals surface area contributed by atoms with Gasteiger partial charge in [0.25, 0.3) is 5.91 Å². The van der Waals surface area contributed by atoms with Gasteiger partial charge in [0, 0.05) is 30.2 Å². The maximum Gasteiger partial charge on any atom is 0.270 e. The lowest BCUT2D eigenvalue weighted by Gasteiger charge is -2.05. The molecule has 3 rings (SSSR count). The van der Waals surface area contributed by atoms with Crippen molar-refractivity contribution in [3.05, 3.63) is 75.5 Å². The van der Waals surface area contributed by atoms with Crippen molar-refractivity contribution < 1.29 is 9.53 Å². The van der Waals surface area contributed by atoms with Crippen molar-refractivity contribution in [2.45, 2.75) is 13.0 Å². The number of carbonyl (C=O) groups excluding carboxylic acids is 1. The molecule has 0 aliphatic heterocycles. The Labute approximate surface area is 154 Å². The van der Waals surface area contributed by atoms with Gasteiger partial charge in [0.2, 0.25) is 0 Å². The van der Waals surface area contributed by atoms with Gasteiger partial charge in [-0.15, -0.1) is 11.3 Å². The molecule has 0 saturated heterocycles. The maximum atomic E-state index is 12.1. The van der Waals surface area contributed by atoms with Crippen LogP contribution in [0.5, 0.6) is 5.75 Å². The van der Waals surface area contributed by atoms with Gasteiger partial charge in [0.05, 0.1) is 5.02 Å². The van der Waals surface area contributed by atoms with E-state index in [0.29, 0.717) is 29.4 Å². The van der Waals surface area contributed by atoms with Crippen LogP contribution in [0.15, 0.2) is 54.0 Å². The maximum absolute atomic E-state index is 12.1. The number of para-hydroxylation sites is 1. The monoisotopic (exact) mass is 373 g/mol. The molecule has 0 unspecified atom stereocenters. The molecule has 2 aromatic heterocycles. The number of aromatic nitrogens is 2. The third-order valence-corrected chi connectivity index (χ3v) is 4.50. The highest BCUT2D eigenvalue weighted by molar-refractivity contribution is 7.09.